The molecule has 28 heavy (non-hydrogen) atoms. The lowest BCUT2D eigenvalue weighted by Crippen LogP contribution is -2.39. The Morgan fingerprint density at radius 2 is 1.96 bits per heavy atom. The van der Waals surface area contributed by atoms with E-state index in [1.54, 1.807) is 30.3 Å². The Bertz CT molecular complexity index is 782. The van der Waals surface area contributed by atoms with Crippen molar-refractivity contribution in [2.24, 2.45) is 4.99 Å². The number of benzene rings is 1. The zero-order valence-corrected chi connectivity index (χ0v) is 18.4. The van der Waals surface area contributed by atoms with Gasteiger partial charge < -0.3 is 15.5 Å². The monoisotopic (exact) mass is 400 g/mol. The fourth-order valence-corrected chi connectivity index (χ4v) is 3.65. The van der Waals surface area contributed by atoms with Crippen LogP contribution in [-0.2, 0) is 11.8 Å². The largest absolute Gasteiger partial charge is 0.357 e. The van der Waals surface area contributed by atoms with Gasteiger partial charge in [0.1, 0.15) is 0 Å². The first kappa shape index (κ1) is 22.0. The number of aliphatic imine (C=N–C) groups is 1. The van der Waals surface area contributed by atoms with Crippen LogP contribution in [0, 0.1) is 0 Å². The van der Waals surface area contributed by atoms with Crippen LogP contribution in [0.3, 0.4) is 0 Å². The second-order valence-electron chi connectivity index (χ2n) is 7.63. The van der Waals surface area contributed by atoms with Gasteiger partial charge >= 0.3 is 0 Å². The zero-order chi connectivity index (χ0) is 20.6. The van der Waals surface area contributed by atoms with E-state index in [9.17, 15) is 4.79 Å². The molecule has 6 heteroatoms. The van der Waals surface area contributed by atoms with Gasteiger partial charge in [-0.15, -0.1) is 11.3 Å². The molecule has 5 nitrogen and oxygen atoms in total. The lowest BCUT2D eigenvalue weighted by molar-refractivity contribution is 0.0827. The normalized spacial score (nSPS) is 12.0. The lowest BCUT2D eigenvalue weighted by Gasteiger charge is -2.22. The van der Waals surface area contributed by atoms with Crippen molar-refractivity contribution >= 4 is 23.2 Å². The molecule has 1 heterocycles. The minimum Gasteiger partial charge on any atom is -0.357 e. The molecule has 0 aliphatic rings. The van der Waals surface area contributed by atoms with E-state index >= 15 is 0 Å². The second kappa shape index (κ2) is 10.3. The van der Waals surface area contributed by atoms with E-state index in [1.165, 1.54) is 4.88 Å². The van der Waals surface area contributed by atoms with Crippen molar-refractivity contribution in [1.29, 1.82) is 0 Å². The molecular formula is C22H32N4OS. The van der Waals surface area contributed by atoms with Crippen LogP contribution < -0.4 is 10.6 Å². The summed E-state index contributed by atoms with van der Waals surface area (Å²) in [4.78, 5) is 19.8. The number of rotatable bonds is 8. The number of thiophene rings is 1. The number of guanidine groups is 1. The Hall–Kier alpha value is -2.34. The summed E-state index contributed by atoms with van der Waals surface area (Å²) in [6, 6.07) is 12.1. The van der Waals surface area contributed by atoms with E-state index in [1.807, 2.05) is 18.2 Å². The molecule has 2 rings (SSSR count). The quantitative estimate of drug-likeness (QED) is 0.526. The van der Waals surface area contributed by atoms with Crippen molar-refractivity contribution in [3.63, 3.8) is 0 Å². The van der Waals surface area contributed by atoms with Gasteiger partial charge in [0.2, 0.25) is 0 Å². The topological polar surface area (TPSA) is 56.7 Å². The molecular weight excluding hydrogens is 368 g/mol. The van der Waals surface area contributed by atoms with E-state index < -0.39 is 0 Å². The molecule has 0 radical (unpaired) electrons. The fraction of sp³-hybridized carbons (Fsp3) is 0.455. The number of nitrogens with zero attached hydrogens (tertiary/aromatic N) is 2. The van der Waals surface area contributed by atoms with E-state index in [2.05, 4.69) is 55.0 Å². The minimum absolute atomic E-state index is 0.0113. The van der Waals surface area contributed by atoms with Gasteiger partial charge in [-0.2, -0.15) is 0 Å². The molecule has 0 bridgehead atoms. The third-order valence-corrected chi connectivity index (χ3v) is 5.69. The average Bonchev–Trinajstić information content (AvgIpc) is 3.21. The summed E-state index contributed by atoms with van der Waals surface area (Å²) in [5.41, 5.74) is 1.87. The van der Waals surface area contributed by atoms with Crippen molar-refractivity contribution in [1.82, 2.24) is 15.5 Å². The van der Waals surface area contributed by atoms with Gasteiger partial charge in [-0.1, -0.05) is 32.0 Å². The van der Waals surface area contributed by atoms with Crippen LogP contribution in [0.1, 0.15) is 41.6 Å². The van der Waals surface area contributed by atoms with Crippen LogP contribution in [0.15, 0.2) is 46.8 Å². The Kier molecular flexibility index (Phi) is 8.05. The average molecular weight is 401 g/mol. The predicted molar refractivity (Wildman–Crippen MR) is 119 cm³/mol. The Balaban J connectivity index is 1.95. The van der Waals surface area contributed by atoms with Gasteiger partial charge in [-0.3, -0.25) is 9.79 Å². The minimum atomic E-state index is 0.0113. The summed E-state index contributed by atoms with van der Waals surface area (Å²) in [6.45, 7) is 8.80. The SMILES string of the molecule is CCNC(=NCC(C)(C)c1cccs1)NCCc1cccc(C(=O)N(C)C)c1. The van der Waals surface area contributed by atoms with Crippen LogP contribution in [-0.4, -0.2) is 50.5 Å². The fourth-order valence-electron chi connectivity index (χ4n) is 2.80. The molecule has 0 unspecified atom stereocenters. The molecule has 0 saturated carbocycles. The van der Waals surface area contributed by atoms with E-state index in [4.69, 9.17) is 4.99 Å². The van der Waals surface area contributed by atoms with Crippen LogP contribution in [0.25, 0.3) is 0 Å². The van der Waals surface area contributed by atoms with Gasteiger partial charge in [0.05, 0.1) is 6.54 Å². The number of amides is 1. The highest BCUT2D eigenvalue weighted by atomic mass is 32.1. The van der Waals surface area contributed by atoms with Gasteiger partial charge in [0.25, 0.3) is 5.91 Å². The number of hydrogen-bond acceptors (Lipinski definition) is 3. The molecule has 0 spiro atoms. The number of carbonyl (C=O) groups excluding carboxylic acids is 1. The maximum absolute atomic E-state index is 12.1. The Morgan fingerprint density at radius 3 is 2.61 bits per heavy atom. The maximum Gasteiger partial charge on any atom is 0.253 e. The molecule has 0 aliphatic carbocycles. The van der Waals surface area contributed by atoms with Gasteiger partial charge in [0.15, 0.2) is 5.96 Å². The van der Waals surface area contributed by atoms with Crippen LogP contribution in [0.2, 0.25) is 0 Å². The van der Waals surface area contributed by atoms with E-state index in [-0.39, 0.29) is 11.3 Å². The highest BCUT2D eigenvalue weighted by molar-refractivity contribution is 7.10. The molecule has 2 N–H and O–H groups in total. The first-order chi connectivity index (χ1) is 13.3. The summed E-state index contributed by atoms with van der Waals surface area (Å²) in [6.07, 6.45) is 0.827. The molecule has 0 aliphatic heterocycles. The number of nitrogens with one attached hydrogen (secondary N) is 2. The summed E-state index contributed by atoms with van der Waals surface area (Å²) >= 11 is 1.77. The van der Waals surface area contributed by atoms with Crippen LogP contribution in [0.5, 0.6) is 0 Å². The first-order valence-electron chi connectivity index (χ1n) is 9.70. The van der Waals surface area contributed by atoms with Crippen molar-refractivity contribution < 1.29 is 4.79 Å². The molecule has 152 valence electrons. The number of hydrogen-bond donors (Lipinski definition) is 2. The predicted octanol–water partition coefficient (Wildman–Crippen LogP) is 3.53. The molecule has 0 fully saturated rings. The number of carbonyl (C=O) groups is 1. The van der Waals surface area contributed by atoms with Gasteiger partial charge in [-0.05, 0) is 42.5 Å². The van der Waals surface area contributed by atoms with Gasteiger partial charge in [0, 0.05) is 43.0 Å². The second-order valence-corrected chi connectivity index (χ2v) is 8.58. The smallest absolute Gasteiger partial charge is 0.253 e. The van der Waals surface area contributed by atoms with E-state index in [0.717, 1.165) is 43.1 Å². The zero-order valence-electron chi connectivity index (χ0n) is 17.6. The van der Waals surface area contributed by atoms with Crippen molar-refractivity contribution in [3.05, 3.63) is 57.8 Å². The lowest BCUT2D eigenvalue weighted by atomic mass is 9.92. The standard InChI is InChI=1S/C22H32N4OS/c1-6-23-21(25-16-22(2,3)19-11-8-14-28-19)24-13-12-17-9-7-10-18(15-17)20(27)26(4)5/h7-11,14-15H,6,12-13,16H2,1-5H3,(H2,23,24,25). The van der Waals surface area contributed by atoms with Crippen molar-refractivity contribution in [2.45, 2.75) is 32.6 Å². The molecule has 0 atom stereocenters. The summed E-state index contributed by atoms with van der Waals surface area (Å²) < 4.78 is 0. The first-order valence-corrected chi connectivity index (χ1v) is 10.6. The third kappa shape index (κ3) is 6.37. The Morgan fingerprint density at radius 1 is 1.18 bits per heavy atom. The molecule has 1 aromatic heterocycles. The highest BCUT2D eigenvalue weighted by Crippen LogP contribution is 2.27. The molecule has 1 amide bonds. The highest BCUT2D eigenvalue weighted by Gasteiger charge is 2.21. The summed E-state index contributed by atoms with van der Waals surface area (Å²) in [5.74, 6) is 0.855. The summed E-state index contributed by atoms with van der Waals surface area (Å²) in [7, 11) is 3.54. The third-order valence-electron chi connectivity index (χ3n) is 4.45. The van der Waals surface area contributed by atoms with Crippen molar-refractivity contribution in [3.8, 4) is 0 Å². The molecule has 1 aromatic carbocycles. The molecule has 0 saturated heterocycles. The molecule has 2 aromatic rings. The van der Waals surface area contributed by atoms with Gasteiger partial charge in [-0.25, -0.2) is 0 Å². The summed E-state index contributed by atoms with van der Waals surface area (Å²) in [5, 5.41) is 8.83. The van der Waals surface area contributed by atoms with Crippen LogP contribution >= 0.6 is 11.3 Å². The van der Waals surface area contributed by atoms with E-state index in [0.29, 0.717) is 0 Å². The van der Waals surface area contributed by atoms with Crippen LogP contribution in [0.4, 0.5) is 0 Å². The Labute approximate surface area is 172 Å². The maximum atomic E-state index is 12.1. The van der Waals surface area contributed by atoms with Crippen molar-refractivity contribution in [2.75, 3.05) is 33.7 Å².